The van der Waals surface area contributed by atoms with Crippen LogP contribution in [0.5, 0.6) is 0 Å². The van der Waals surface area contributed by atoms with E-state index in [4.69, 9.17) is 10.8 Å². The number of rotatable bonds is 4. The number of nitrogens with two attached hydrogens (primary N) is 1. The van der Waals surface area contributed by atoms with E-state index in [1.807, 2.05) is 12.1 Å². The highest BCUT2D eigenvalue weighted by Crippen LogP contribution is 2.26. The molecule has 0 bridgehead atoms. The third kappa shape index (κ3) is 3.28. The van der Waals surface area contributed by atoms with Gasteiger partial charge < -0.3 is 10.8 Å². The number of hydrogen-bond donors (Lipinski definition) is 2. The first kappa shape index (κ1) is 15.2. The molecule has 1 aromatic carbocycles. The summed E-state index contributed by atoms with van der Waals surface area (Å²) in [6.07, 6.45) is 0.0117. The maximum absolute atomic E-state index is 10.7. The molecule has 3 N–H and O–H groups in total. The van der Waals surface area contributed by atoms with Crippen LogP contribution in [0.4, 0.5) is 0 Å². The van der Waals surface area contributed by atoms with Crippen LogP contribution in [0.3, 0.4) is 0 Å². The summed E-state index contributed by atoms with van der Waals surface area (Å²) in [5.74, 6) is -0.843. The van der Waals surface area contributed by atoms with E-state index in [0.29, 0.717) is 6.54 Å². The molecule has 0 saturated carbocycles. The van der Waals surface area contributed by atoms with Crippen LogP contribution in [0, 0.1) is 0 Å². The molecule has 0 aliphatic rings. The Morgan fingerprint density at radius 3 is 2.38 bits per heavy atom. The van der Waals surface area contributed by atoms with Crippen molar-refractivity contribution in [2.75, 3.05) is 0 Å². The molecule has 0 fully saturated rings. The van der Waals surface area contributed by atoms with Crippen LogP contribution < -0.4 is 5.73 Å². The molecule has 21 heavy (non-hydrogen) atoms. The van der Waals surface area contributed by atoms with Gasteiger partial charge in [0.05, 0.1) is 17.8 Å². The van der Waals surface area contributed by atoms with E-state index in [-0.39, 0.29) is 11.8 Å². The van der Waals surface area contributed by atoms with E-state index < -0.39 is 5.97 Å². The van der Waals surface area contributed by atoms with Crippen molar-refractivity contribution in [2.45, 2.75) is 39.2 Å². The second-order valence-electron chi connectivity index (χ2n) is 5.99. The molecule has 6 nitrogen and oxygen atoms in total. The molecule has 0 aliphatic heterocycles. The van der Waals surface area contributed by atoms with Crippen molar-refractivity contribution in [3.8, 4) is 5.69 Å². The van der Waals surface area contributed by atoms with Crippen LogP contribution in [-0.4, -0.2) is 26.1 Å². The van der Waals surface area contributed by atoms with Gasteiger partial charge in [-0.3, -0.25) is 4.79 Å². The smallest absolute Gasteiger partial charge is 0.307 e. The molecule has 2 aromatic rings. The van der Waals surface area contributed by atoms with Crippen molar-refractivity contribution in [1.82, 2.24) is 15.0 Å². The molecule has 2 rings (SSSR count). The van der Waals surface area contributed by atoms with Gasteiger partial charge in [-0.15, -0.1) is 5.10 Å². The summed E-state index contributed by atoms with van der Waals surface area (Å²) in [7, 11) is 0. The van der Waals surface area contributed by atoms with E-state index in [9.17, 15) is 4.79 Å². The van der Waals surface area contributed by atoms with Crippen molar-refractivity contribution >= 4 is 5.97 Å². The Balaban J connectivity index is 2.43. The Hall–Kier alpha value is -2.21. The number of benzene rings is 1. The second kappa shape index (κ2) is 5.65. The van der Waals surface area contributed by atoms with E-state index >= 15 is 0 Å². The normalized spacial score (nSPS) is 11.6. The fraction of sp³-hybridized carbons (Fsp3) is 0.400. The number of hydrogen-bond acceptors (Lipinski definition) is 4. The predicted molar refractivity (Wildman–Crippen MR) is 79.3 cm³/mol. The molecule has 0 aliphatic carbocycles. The highest BCUT2D eigenvalue weighted by atomic mass is 16.4. The van der Waals surface area contributed by atoms with Gasteiger partial charge in [0, 0.05) is 12.0 Å². The van der Waals surface area contributed by atoms with Gasteiger partial charge in [0.2, 0.25) is 0 Å². The minimum Gasteiger partial charge on any atom is -0.481 e. The van der Waals surface area contributed by atoms with Gasteiger partial charge >= 0.3 is 5.97 Å². The fourth-order valence-corrected chi connectivity index (χ4v) is 2.31. The SMILES string of the molecule is CC(C)(C)c1c(CN)nnn1-c1ccc(CC(=O)O)cc1. The Morgan fingerprint density at radius 1 is 1.29 bits per heavy atom. The number of nitrogens with zero attached hydrogens (tertiary/aromatic N) is 3. The maximum atomic E-state index is 10.7. The minimum absolute atomic E-state index is 0.0117. The van der Waals surface area contributed by atoms with Gasteiger partial charge in [-0.1, -0.05) is 38.1 Å². The summed E-state index contributed by atoms with van der Waals surface area (Å²) in [5, 5.41) is 17.1. The summed E-state index contributed by atoms with van der Waals surface area (Å²) >= 11 is 0. The first-order valence-corrected chi connectivity index (χ1v) is 6.79. The zero-order valence-electron chi connectivity index (χ0n) is 12.5. The van der Waals surface area contributed by atoms with E-state index in [0.717, 1.165) is 22.6 Å². The maximum Gasteiger partial charge on any atom is 0.307 e. The lowest BCUT2D eigenvalue weighted by molar-refractivity contribution is -0.136. The average molecular weight is 288 g/mol. The Morgan fingerprint density at radius 2 is 1.90 bits per heavy atom. The van der Waals surface area contributed by atoms with Gasteiger partial charge in [0.1, 0.15) is 5.69 Å². The van der Waals surface area contributed by atoms with Crippen LogP contribution in [0.2, 0.25) is 0 Å². The number of aliphatic carboxylic acids is 1. The number of carboxylic acid groups (broad SMARTS) is 1. The van der Waals surface area contributed by atoms with Crippen LogP contribution >= 0.6 is 0 Å². The van der Waals surface area contributed by atoms with E-state index in [1.54, 1.807) is 16.8 Å². The number of carbonyl (C=O) groups is 1. The molecule has 0 amide bonds. The van der Waals surface area contributed by atoms with Gasteiger partial charge in [-0.25, -0.2) is 4.68 Å². The van der Waals surface area contributed by atoms with E-state index in [1.165, 1.54) is 0 Å². The van der Waals surface area contributed by atoms with Crippen molar-refractivity contribution in [1.29, 1.82) is 0 Å². The molecule has 112 valence electrons. The quantitative estimate of drug-likeness (QED) is 0.892. The predicted octanol–water partition coefficient (Wildman–Crippen LogP) is 1.65. The van der Waals surface area contributed by atoms with Crippen molar-refractivity contribution in [2.24, 2.45) is 5.73 Å². The highest BCUT2D eigenvalue weighted by molar-refractivity contribution is 5.70. The van der Waals surface area contributed by atoms with Crippen LogP contribution in [-0.2, 0) is 23.2 Å². The van der Waals surface area contributed by atoms with Gasteiger partial charge in [-0.2, -0.15) is 0 Å². The van der Waals surface area contributed by atoms with Gasteiger partial charge in [0.25, 0.3) is 0 Å². The molecular weight excluding hydrogens is 268 g/mol. The molecule has 6 heteroatoms. The lowest BCUT2D eigenvalue weighted by Crippen LogP contribution is -2.20. The molecule has 0 spiro atoms. The first-order valence-electron chi connectivity index (χ1n) is 6.79. The van der Waals surface area contributed by atoms with Crippen LogP contribution in [0.1, 0.15) is 37.7 Å². The van der Waals surface area contributed by atoms with Crippen molar-refractivity contribution < 1.29 is 9.90 Å². The largest absolute Gasteiger partial charge is 0.481 e. The Labute approximate surface area is 123 Å². The zero-order chi connectivity index (χ0) is 15.6. The molecule has 0 unspecified atom stereocenters. The number of aromatic nitrogens is 3. The summed E-state index contributed by atoms with van der Waals surface area (Å²) < 4.78 is 1.77. The molecular formula is C15H20N4O2. The lowest BCUT2D eigenvalue weighted by Gasteiger charge is -2.21. The molecule has 0 atom stereocenters. The lowest BCUT2D eigenvalue weighted by atomic mass is 9.90. The third-order valence-electron chi connectivity index (χ3n) is 3.18. The van der Waals surface area contributed by atoms with Crippen molar-refractivity contribution in [3.63, 3.8) is 0 Å². The standard InChI is InChI=1S/C15H20N4O2/c1-15(2,3)14-12(9-16)17-18-19(14)11-6-4-10(5-7-11)8-13(20)21/h4-7H,8-9,16H2,1-3H3,(H,20,21). The first-order chi connectivity index (χ1) is 9.82. The van der Waals surface area contributed by atoms with Crippen LogP contribution in [0.25, 0.3) is 5.69 Å². The monoisotopic (exact) mass is 288 g/mol. The highest BCUT2D eigenvalue weighted by Gasteiger charge is 2.25. The zero-order valence-corrected chi connectivity index (χ0v) is 12.5. The van der Waals surface area contributed by atoms with Crippen LogP contribution in [0.15, 0.2) is 24.3 Å². The summed E-state index contributed by atoms with van der Waals surface area (Å²) in [6.45, 7) is 6.59. The minimum atomic E-state index is -0.843. The molecule has 1 heterocycles. The summed E-state index contributed by atoms with van der Waals surface area (Å²) in [5.41, 5.74) is 8.94. The topological polar surface area (TPSA) is 94.0 Å². The van der Waals surface area contributed by atoms with Crippen molar-refractivity contribution in [3.05, 3.63) is 41.2 Å². The molecule has 0 radical (unpaired) electrons. The second-order valence-corrected chi connectivity index (χ2v) is 5.99. The summed E-state index contributed by atoms with van der Waals surface area (Å²) in [6, 6.07) is 7.28. The molecule has 0 saturated heterocycles. The average Bonchev–Trinajstić information content (AvgIpc) is 2.82. The molecule has 1 aromatic heterocycles. The summed E-state index contributed by atoms with van der Waals surface area (Å²) in [4.78, 5) is 10.7. The van der Waals surface area contributed by atoms with Gasteiger partial charge in [0.15, 0.2) is 0 Å². The fourth-order valence-electron chi connectivity index (χ4n) is 2.31. The Bertz CT molecular complexity index is 639. The number of carboxylic acids is 1. The Kier molecular flexibility index (Phi) is 4.09. The van der Waals surface area contributed by atoms with Gasteiger partial charge in [-0.05, 0) is 17.7 Å². The van der Waals surface area contributed by atoms with E-state index in [2.05, 4.69) is 31.1 Å². The third-order valence-corrected chi connectivity index (χ3v) is 3.18.